The van der Waals surface area contributed by atoms with Crippen LogP contribution in [0.1, 0.15) is 69.8 Å². The van der Waals surface area contributed by atoms with Crippen LogP contribution in [0.15, 0.2) is 36.4 Å². The zero-order valence-corrected chi connectivity index (χ0v) is 15.4. The molecule has 3 heteroatoms. The third-order valence-corrected chi connectivity index (χ3v) is 5.76. The highest BCUT2D eigenvalue weighted by molar-refractivity contribution is 5.68. The minimum absolute atomic E-state index is 0.407. The Bertz CT molecular complexity index is 707. The molecule has 0 aliphatic heterocycles. The molecule has 3 rings (SSSR count). The van der Waals surface area contributed by atoms with E-state index in [0.717, 1.165) is 42.0 Å². The van der Waals surface area contributed by atoms with Gasteiger partial charge in [0.25, 0.3) is 0 Å². The molecule has 2 aromatic rings. The SMILES string of the molecule is CCCCC[C@H]1CC[C@H](c2ccccc2-c2cc(F)c(F)c(F)c2)CC1. The van der Waals surface area contributed by atoms with Gasteiger partial charge in [0.2, 0.25) is 0 Å². The Morgan fingerprint density at radius 2 is 1.54 bits per heavy atom. The van der Waals surface area contributed by atoms with Crippen molar-refractivity contribution in [2.24, 2.45) is 5.92 Å². The molecule has 0 amide bonds. The summed E-state index contributed by atoms with van der Waals surface area (Å²) in [4.78, 5) is 0. The van der Waals surface area contributed by atoms with Crippen LogP contribution in [0, 0.1) is 23.4 Å². The zero-order valence-electron chi connectivity index (χ0n) is 15.4. The van der Waals surface area contributed by atoms with Crippen LogP contribution >= 0.6 is 0 Å². The predicted octanol–water partition coefficient (Wildman–Crippen LogP) is 7.63. The highest BCUT2D eigenvalue weighted by Gasteiger charge is 2.24. The fourth-order valence-corrected chi connectivity index (χ4v) is 4.27. The molecule has 140 valence electrons. The number of halogens is 3. The topological polar surface area (TPSA) is 0 Å². The Morgan fingerprint density at radius 3 is 2.19 bits per heavy atom. The molecule has 0 N–H and O–H groups in total. The first-order valence-electron chi connectivity index (χ1n) is 9.84. The van der Waals surface area contributed by atoms with Crippen LogP contribution in [0.25, 0.3) is 11.1 Å². The van der Waals surface area contributed by atoms with Gasteiger partial charge in [-0.1, -0.05) is 56.9 Å². The van der Waals surface area contributed by atoms with E-state index in [0.29, 0.717) is 11.5 Å². The van der Waals surface area contributed by atoms with Crippen LogP contribution in [0.3, 0.4) is 0 Å². The van der Waals surface area contributed by atoms with Gasteiger partial charge in [0.05, 0.1) is 0 Å². The molecule has 2 aromatic carbocycles. The van der Waals surface area contributed by atoms with E-state index >= 15 is 0 Å². The molecule has 0 bridgehead atoms. The average Bonchev–Trinajstić information content (AvgIpc) is 2.66. The molecular weight excluding hydrogens is 333 g/mol. The number of unbranched alkanes of at least 4 members (excludes halogenated alkanes) is 2. The number of hydrogen-bond donors (Lipinski definition) is 0. The minimum atomic E-state index is -1.40. The van der Waals surface area contributed by atoms with Gasteiger partial charge >= 0.3 is 0 Å². The molecule has 1 saturated carbocycles. The van der Waals surface area contributed by atoms with Crippen LogP contribution in [0.5, 0.6) is 0 Å². The molecule has 1 aliphatic carbocycles. The van der Waals surface area contributed by atoms with Gasteiger partial charge in [-0.25, -0.2) is 13.2 Å². The highest BCUT2D eigenvalue weighted by atomic mass is 19.2. The molecular formula is C23H27F3. The average molecular weight is 360 g/mol. The summed E-state index contributed by atoms with van der Waals surface area (Å²) < 4.78 is 40.7. The molecule has 0 heterocycles. The molecule has 0 nitrogen and oxygen atoms in total. The minimum Gasteiger partial charge on any atom is -0.204 e. The Labute approximate surface area is 154 Å². The van der Waals surface area contributed by atoms with Crippen molar-refractivity contribution in [3.63, 3.8) is 0 Å². The van der Waals surface area contributed by atoms with E-state index in [9.17, 15) is 13.2 Å². The van der Waals surface area contributed by atoms with E-state index in [4.69, 9.17) is 0 Å². The van der Waals surface area contributed by atoms with Gasteiger partial charge in [-0.2, -0.15) is 0 Å². The lowest BCUT2D eigenvalue weighted by molar-refractivity contribution is 0.303. The van der Waals surface area contributed by atoms with Crippen molar-refractivity contribution < 1.29 is 13.2 Å². The molecule has 0 saturated heterocycles. The highest BCUT2D eigenvalue weighted by Crippen LogP contribution is 2.41. The Morgan fingerprint density at radius 1 is 0.885 bits per heavy atom. The Hall–Kier alpha value is -1.77. The normalized spacial score (nSPS) is 20.3. The van der Waals surface area contributed by atoms with Crippen LogP contribution < -0.4 is 0 Å². The molecule has 1 fully saturated rings. The van der Waals surface area contributed by atoms with Crippen molar-refractivity contribution in [2.45, 2.75) is 64.2 Å². The van der Waals surface area contributed by atoms with E-state index in [-0.39, 0.29) is 0 Å². The summed E-state index contributed by atoms with van der Waals surface area (Å²) in [5.41, 5.74) is 2.37. The van der Waals surface area contributed by atoms with Crippen molar-refractivity contribution in [2.75, 3.05) is 0 Å². The molecule has 0 unspecified atom stereocenters. The maximum Gasteiger partial charge on any atom is 0.194 e. The van der Waals surface area contributed by atoms with Gasteiger partial charge < -0.3 is 0 Å². The smallest absolute Gasteiger partial charge is 0.194 e. The first-order valence-corrected chi connectivity index (χ1v) is 9.84. The van der Waals surface area contributed by atoms with E-state index in [2.05, 4.69) is 13.0 Å². The summed E-state index contributed by atoms with van der Waals surface area (Å²) in [6, 6.07) is 9.99. The first kappa shape index (κ1) is 19.0. The molecule has 0 aromatic heterocycles. The molecule has 1 aliphatic rings. The van der Waals surface area contributed by atoms with Crippen LogP contribution in [-0.4, -0.2) is 0 Å². The van der Waals surface area contributed by atoms with E-state index < -0.39 is 17.5 Å². The van der Waals surface area contributed by atoms with Crippen molar-refractivity contribution in [1.82, 2.24) is 0 Å². The summed E-state index contributed by atoms with van der Waals surface area (Å²) in [6.45, 7) is 2.23. The Kier molecular flexibility index (Phi) is 6.39. The maximum atomic E-state index is 13.7. The van der Waals surface area contributed by atoms with E-state index in [1.54, 1.807) is 0 Å². The second-order valence-corrected chi connectivity index (χ2v) is 7.55. The summed E-state index contributed by atoms with van der Waals surface area (Å²) in [6.07, 6.45) is 9.86. The number of hydrogen-bond acceptors (Lipinski definition) is 0. The molecule has 0 radical (unpaired) electrons. The van der Waals surface area contributed by atoms with Crippen molar-refractivity contribution in [3.05, 3.63) is 59.4 Å². The lowest BCUT2D eigenvalue weighted by atomic mass is 9.75. The third kappa shape index (κ3) is 4.31. The fourth-order valence-electron chi connectivity index (χ4n) is 4.27. The monoisotopic (exact) mass is 360 g/mol. The maximum absolute atomic E-state index is 13.7. The van der Waals surface area contributed by atoms with Gasteiger partial charge in [0.1, 0.15) is 0 Å². The van der Waals surface area contributed by atoms with E-state index in [1.165, 1.54) is 38.5 Å². The predicted molar refractivity (Wildman–Crippen MR) is 101 cm³/mol. The second-order valence-electron chi connectivity index (χ2n) is 7.55. The molecule has 0 atom stereocenters. The van der Waals surface area contributed by atoms with Crippen LogP contribution in [0.4, 0.5) is 13.2 Å². The quantitative estimate of drug-likeness (QED) is 0.367. The fraction of sp³-hybridized carbons (Fsp3) is 0.478. The van der Waals surface area contributed by atoms with Crippen molar-refractivity contribution in [1.29, 1.82) is 0 Å². The standard InChI is InChI=1S/C23H27F3/c1-2-3-4-7-16-10-12-17(13-11-16)19-8-5-6-9-20(19)18-14-21(24)23(26)22(25)15-18/h5-6,8-9,14-17H,2-4,7,10-13H2,1H3/t16-,17-. The summed E-state index contributed by atoms with van der Waals surface area (Å²) >= 11 is 0. The lowest BCUT2D eigenvalue weighted by Gasteiger charge is -2.30. The van der Waals surface area contributed by atoms with Crippen molar-refractivity contribution in [3.8, 4) is 11.1 Å². The van der Waals surface area contributed by atoms with E-state index in [1.807, 2.05) is 18.2 Å². The third-order valence-electron chi connectivity index (χ3n) is 5.76. The van der Waals surface area contributed by atoms with Gasteiger partial charge in [0, 0.05) is 0 Å². The van der Waals surface area contributed by atoms with Crippen LogP contribution in [-0.2, 0) is 0 Å². The Balaban J connectivity index is 1.77. The number of benzene rings is 2. The van der Waals surface area contributed by atoms with Crippen molar-refractivity contribution >= 4 is 0 Å². The second kappa shape index (κ2) is 8.75. The summed E-state index contributed by atoms with van der Waals surface area (Å²) in [5.74, 6) is -2.45. The van der Waals surface area contributed by atoms with Gasteiger partial charge in [-0.15, -0.1) is 0 Å². The zero-order chi connectivity index (χ0) is 18.5. The lowest BCUT2D eigenvalue weighted by Crippen LogP contribution is -2.14. The largest absolute Gasteiger partial charge is 0.204 e. The van der Waals surface area contributed by atoms with Gasteiger partial charge in [-0.05, 0) is 66.3 Å². The van der Waals surface area contributed by atoms with Crippen LogP contribution in [0.2, 0.25) is 0 Å². The van der Waals surface area contributed by atoms with Gasteiger partial charge in [-0.3, -0.25) is 0 Å². The van der Waals surface area contributed by atoms with Gasteiger partial charge in [0.15, 0.2) is 17.5 Å². The molecule has 26 heavy (non-hydrogen) atoms. The summed E-state index contributed by atoms with van der Waals surface area (Å²) in [5, 5.41) is 0. The number of rotatable bonds is 6. The molecule has 0 spiro atoms. The summed E-state index contributed by atoms with van der Waals surface area (Å²) in [7, 11) is 0. The first-order chi connectivity index (χ1) is 12.6.